The van der Waals surface area contributed by atoms with Gasteiger partial charge in [-0.2, -0.15) is 0 Å². The van der Waals surface area contributed by atoms with Gasteiger partial charge in [0.1, 0.15) is 0 Å². The predicted octanol–water partition coefficient (Wildman–Crippen LogP) is 1.03. The summed E-state index contributed by atoms with van der Waals surface area (Å²) in [5.41, 5.74) is 6.92. The van der Waals surface area contributed by atoms with Crippen molar-refractivity contribution in [3.8, 4) is 0 Å². The van der Waals surface area contributed by atoms with Gasteiger partial charge < -0.3 is 16.2 Å². The van der Waals surface area contributed by atoms with Gasteiger partial charge >= 0.3 is 5.97 Å². The zero-order valence-corrected chi connectivity index (χ0v) is 10.7. The van der Waals surface area contributed by atoms with E-state index in [1.165, 1.54) is 6.07 Å². The molecule has 0 unspecified atom stereocenters. The lowest BCUT2D eigenvalue weighted by Crippen LogP contribution is -2.42. The molecule has 0 aromatic heterocycles. The highest BCUT2D eigenvalue weighted by atomic mass is 35.5. The van der Waals surface area contributed by atoms with Crippen LogP contribution in [0.1, 0.15) is 15.9 Å². The zero-order chi connectivity index (χ0) is 13.1. The first-order valence-corrected chi connectivity index (χ1v) is 6.20. The Morgan fingerprint density at radius 3 is 2.72 bits per heavy atom. The second-order valence-electron chi connectivity index (χ2n) is 4.36. The summed E-state index contributed by atoms with van der Waals surface area (Å²) in [7, 11) is 0. The zero-order valence-electron chi connectivity index (χ0n) is 9.95. The van der Waals surface area contributed by atoms with E-state index in [9.17, 15) is 4.79 Å². The molecule has 1 heterocycles. The van der Waals surface area contributed by atoms with E-state index in [4.69, 9.17) is 22.4 Å². The molecule has 5 nitrogen and oxygen atoms in total. The lowest BCUT2D eigenvalue weighted by atomic mass is 10.1. The number of nitrogens with one attached hydrogen (secondary N) is 1. The fraction of sp³-hybridized carbons (Fsp3) is 0.417. The molecule has 1 aromatic carbocycles. The number of carbonyl (C=O) groups is 1. The van der Waals surface area contributed by atoms with Gasteiger partial charge in [-0.05, 0) is 17.7 Å². The maximum atomic E-state index is 10.9. The molecule has 1 aliphatic heterocycles. The normalized spacial score (nSPS) is 16.7. The monoisotopic (exact) mass is 269 g/mol. The van der Waals surface area contributed by atoms with E-state index >= 15 is 0 Å². The van der Waals surface area contributed by atoms with E-state index in [-0.39, 0.29) is 11.3 Å². The Morgan fingerprint density at radius 1 is 1.44 bits per heavy atom. The average molecular weight is 270 g/mol. The van der Waals surface area contributed by atoms with E-state index in [0.29, 0.717) is 11.6 Å². The summed E-state index contributed by atoms with van der Waals surface area (Å²) >= 11 is 6.10. The Balaban J connectivity index is 2.18. The number of hydrogen-bond acceptors (Lipinski definition) is 4. The van der Waals surface area contributed by atoms with E-state index in [1.54, 1.807) is 6.07 Å². The number of nitrogens with two attached hydrogens (primary N) is 1. The molecule has 1 aromatic rings. The SMILES string of the molecule is Nc1cc(CN2CCNCC2)c(Cl)cc1C(=O)O. The van der Waals surface area contributed by atoms with Crippen molar-refractivity contribution >= 4 is 23.3 Å². The quantitative estimate of drug-likeness (QED) is 0.714. The van der Waals surface area contributed by atoms with Gasteiger partial charge in [0.15, 0.2) is 0 Å². The van der Waals surface area contributed by atoms with Gasteiger partial charge in [-0.3, -0.25) is 4.90 Å². The molecule has 18 heavy (non-hydrogen) atoms. The van der Waals surface area contributed by atoms with E-state index in [2.05, 4.69) is 10.2 Å². The lowest BCUT2D eigenvalue weighted by molar-refractivity contribution is 0.0698. The highest BCUT2D eigenvalue weighted by Crippen LogP contribution is 2.24. The first-order chi connectivity index (χ1) is 8.58. The molecule has 0 bridgehead atoms. The Bertz CT molecular complexity index is 459. The molecule has 0 radical (unpaired) electrons. The Kier molecular flexibility index (Phi) is 4.06. The van der Waals surface area contributed by atoms with Crippen LogP contribution in [0.4, 0.5) is 5.69 Å². The van der Waals surface area contributed by atoms with Crippen molar-refractivity contribution in [1.82, 2.24) is 10.2 Å². The van der Waals surface area contributed by atoms with Crippen molar-refractivity contribution < 1.29 is 9.90 Å². The molecule has 4 N–H and O–H groups in total. The van der Waals surface area contributed by atoms with Crippen LogP contribution in [0.2, 0.25) is 5.02 Å². The molecule has 1 saturated heterocycles. The summed E-state index contributed by atoms with van der Waals surface area (Å²) in [6.07, 6.45) is 0. The molecule has 1 aliphatic rings. The molecule has 0 saturated carbocycles. The number of carboxylic acid groups (broad SMARTS) is 1. The Labute approximate surface area is 111 Å². The Hall–Kier alpha value is -1.30. The molecule has 2 rings (SSSR count). The van der Waals surface area contributed by atoms with Crippen molar-refractivity contribution in [3.05, 3.63) is 28.3 Å². The van der Waals surface area contributed by atoms with Crippen LogP contribution in [0.5, 0.6) is 0 Å². The minimum absolute atomic E-state index is 0.0593. The highest BCUT2D eigenvalue weighted by Gasteiger charge is 2.15. The van der Waals surface area contributed by atoms with Gasteiger partial charge in [0.25, 0.3) is 0 Å². The van der Waals surface area contributed by atoms with Crippen LogP contribution in [-0.2, 0) is 6.54 Å². The molecule has 0 atom stereocenters. The van der Waals surface area contributed by atoms with Gasteiger partial charge in [-0.25, -0.2) is 4.79 Å². The number of aromatic carboxylic acids is 1. The summed E-state index contributed by atoms with van der Waals surface area (Å²) in [4.78, 5) is 13.2. The van der Waals surface area contributed by atoms with Crippen LogP contribution in [-0.4, -0.2) is 42.2 Å². The Morgan fingerprint density at radius 2 is 2.11 bits per heavy atom. The standard InChI is InChI=1S/C12H16ClN3O2/c13-10-6-9(12(17)18)11(14)5-8(10)7-16-3-1-15-2-4-16/h5-6,15H,1-4,7,14H2,(H,17,18). The van der Waals surface area contributed by atoms with Crippen molar-refractivity contribution in [3.63, 3.8) is 0 Å². The molecule has 0 aliphatic carbocycles. The molecular formula is C12H16ClN3O2. The molecule has 6 heteroatoms. The number of hydrogen-bond donors (Lipinski definition) is 3. The van der Waals surface area contributed by atoms with Crippen molar-refractivity contribution in [1.29, 1.82) is 0 Å². The molecule has 0 amide bonds. The average Bonchev–Trinajstić information content (AvgIpc) is 2.34. The third-order valence-corrected chi connectivity index (χ3v) is 3.40. The van der Waals surface area contributed by atoms with Gasteiger partial charge in [0, 0.05) is 43.4 Å². The number of nitrogen functional groups attached to an aromatic ring is 1. The number of nitrogens with zero attached hydrogens (tertiary/aromatic N) is 1. The smallest absolute Gasteiger partial charge is 0.337 e. The first-order valence-electron chi connectivity index (χ1n) is 5.82. The molecule has 98 valence electrons. The fourth-order valence-corrected chi connectivity index (χ4v) is 2.28. The van der Waals surface area contributed by atoms with Crippen LogP contribution in [0.3, 0.4) is 0 Å². The molecule has 1 fully saturated rings. The van der Waals surface area contributed by atoms with Crippen molar-refractivity contribution in [2.75, 3.05) is 31.9 Å². The molecule has 0 spiro atoms. The van der Waals surface area contributed by atoms with Crippen molar-refractivity contribution in [2.45, 2.75) is 6.54 Å². The summed E-state index contributed by atoms with van der Waals surface area (Å²) < 4.78 is 0. The van der Waals surface area contributed by atoms with Gasteiger partial charge in [-0.15, -0.1) is 0 Å². The maximum absolute atomic E-state index is 10.9. The second-order valence-corrected chi connectivity index (χ2v) is 4.77. The summed E-state index contributed by atoms with van der Waals surface area (Å²) in [5, 5.41) is 12.7. The summed E-state index contributed by atoms with van der Waals surface area (Å²) in [5.74, 6) is -1.05. The minimum atomic E-state index is -1.05. The number of piperazine rings is 1. The van der Waals surface area contributed by atoms with E-state index < -0.39 is 5.97 Å². The number of benzene rings is 1. The van der Waals surface area contributed by atoms with E-state index in [0.717, 1.165) is 31.7 Å². The van der Waals surface area contributed by atoms with Gasteiger partial charge in [0.2, 0.25) is 0 Å². The van der Waals surface area contributed by atoms with Crippen molar-refractivity contribution in [2.24, 2.45) is 0 Å². The summed E-state index contributed by atoms with van der Waals surface area (Å²) in [6.45, 7) is 4.53. The van der Waals surface area contributed by atoms with Crippen LogP contribution < -0.4 is 11.1 Å². The number of anilines is 1. The molecular weight excluding hydrogens is 254 g/mol. The topological polar surface area (TPSA) is 78.6 Å². The fourth-order valence-electron chi connectivity index (χ4n) is 2.05. The largest absolute Gasteiger partial charge is 0.478 e. The van der Waals surface area contributed by atoms with Crippen LogP contribution in [0.15, 0.2) is 12.1 Å². The van der Waals surface area contributed by atoms with Gasteiger partial charge in [0.05, 0.1) is 5.56 Å². The second kappa shape index (κ2) is 5.56. The van der Waals surface area contributed by atoms with Crippen LogP contribution >= 0.6 is 11.6 Å². The minimum Gasteiger partial charge on any atom is -0.478 e. The summed E-state index contributed by atoms with van der Waals surface area (Å²) in [6, 6.07) is 3.09. The first kappa shape index (κ1) is 13.1. The maximum Gasteiger partial charge on any atom is 0.337 e. The highest BCUT2D eigenvalue weighted by molar-refractivity contribution is 6.31. The lowest BCUT2D eigenvalue weighted by Gasteiger charge is -2.27. The number of halogens is 1. The van der Waals surface area contributed by atoms with E-state index in [1.807, 2.05) is 0 Å². The van der Waals surface area contributed by atoms with Gasteiger partial charge in [-0.1, -0.05) is 11.6 Å². The third kappa shape index (κ3) is 2.93. The predicted molar refractivity (Wildman–Crippen MR) is 71.0 cm³/mol. The van der Waals surface area contributed by atoms with Crippen LogP contribution in [0.25, 0.3) is 0 Å². The number of carboxylic acids is 1. The van der Waals surface area contributed by atoms with Crippen LogP contribution in [0, 0.1) is 0 Å². The third-order valence-electron chi connectivity index (χ3n) is 3.05. The number of rotatable bonds is 3.